The van der Waals surface area contributed by atoms with Gasteiger partial charge in [-0.3, -0.25) is 0 Å². The molecule has 0 saturated carbocycles. The Morgan fingerprint density at radius 2 is 2.14 bits per heavy atom. The third-order valence-corrected chi connectivity index (χ3v) is 2.43. The van der Waals surface area contributed by atoms with Crippen LogP contribution in [0.15, 0.2) is 22.9 Å². The zero-order valence-electron chi connectivity index (χ0n) is 8.88. The summed E-state index contributed by atoms with van der Waals surface area (Å²) in [5.41, 5.74) is 0.314. The van der Waals surface area contributed by atoms with E-state index in [4.69, 9.17) is 4.74 Å². The smallest absolute Gasteiger partial charge is 0.152 e. The molecule has 0 N–H and O–H groups in total. The lowest BCUT2D eigenvalue weighted by Crippen LogP contribution is -2.11. The zero-order chi connectivity index (χ0) is 10.6. The summed E-state index contributed by atoms with van der Waals surface area (Å²) in [6.07, 6.45) is 2.77. The van der Waals surface area contributed by atoms with Crippen LogP contribution in [0.1, 0.15) is 27.2 Å². The molecule has 0 amide bonds. The van der Waals surface area contributed by atoms with Gasteiger partial charge in [-0.1, -0.05) is 20.8 Å². The lowest BCUT2D eigenvalue weighted by Gasteiger charge is -2.18. The van der Waals surface area contributed by atoms with Gasteiger partial charge in [-0.05, 0) is 39.9 Å². The molecule has 1 aromatic rings. The molecular weight excluding hydrogens is 242 g/mol. The average Bonchev–Trinajstić information content (AvgIpc) is 2.06. The fourth-order valence-electron chi connectivity index (χ4n) is 0.946. The summed E-state index contributed by atoms with van der Waals surface area (Å²) in [4.78, 5) is 4.09. The van der Waals surface area contributed by atoms with E-state index in [0.29, 0.717) is 5.41 Å². The van der Waals surface area contributed by atoms with Crippen molar-refractivity contribution in [2.24, 2.45) is 5.41 Å². The highest BCUT2D eigenvalue weighted by Gasteiger charge is 2.10. The first-order valence-electron chi connectivity index (χ1n) is 4.72. The van der Waals surface area contributed by atoms with Crippen molar-refractivity contribution in [1.82, 2.24) is 4.98 Å². The van der Waals surface area contributed by atoms with Crippen molar-refractivity contribution in [2.75, 3.05) is 6.61 Å². The van der Waals surface area contributed by atoms with Gasteiger partial charge in [0.25, 0.3) is 0 Å². The Labute approximate surface area is 93.8 Å². The van der Waals surface area contributed by atoms with Gasteiger partial charge in [0.1, 0.15) is 4.60 Å². The molecule has 0 aliphatic rings. The number of hydrogen-bond acceptors (Lipinski definition) is 2. The lowest BCUT2D eigenvalue weighted by atomic mass is 9.93. The Hall–Kier alpha value is -0.570. The number of aromatic nitrogens is 1. The summed E-state index contributed by atoms with van der Waals surface area (Å²) < 4.78 is 6.38. The monoisotopic (exact) mass is 257 g/mol. The molecule has 0 aliphatic heterocycles. The van der Waals surface area contributed by atoms with Crippen molar-refractivity contribution < 1.29 is 4.74 Å². The number of hydrogen-bond donors (Lipinski definition) is 0. The van der Waals surface area contributed by atoms with Crippen LogP contribution >= 0.6 is 15.9 Å². The van der Waals surface area contributed by atoms with E-state index in [2.05, 4.69) is 41.7 Å². The molecule has 0 aromatic carbocycles. The Morgan fingerprint density at radius 3 is 2.71 bits per heavy atom. The Bertz CT molecular complexity index is 294. The van der Waals surface area contributed by atoms with Crippen molar-refractivity contribution >= 4 is 15.9 Å². The third kappa shape index (κ3) is 4.09. The number of pyridine rings is 1. The summed E-state index contributed by atoms with van der Waals surface area (Å²) >= 11 is 3.34. The maximum atomic E-state index is 5.60. The maximum absolute atomic E-state index is 5.60. The van der Waals surface area contributed by atoms with Gasteiger partial charge >= 0.3 is 0 Å². The van der Waals surface area contributed by atoms with E-state index in [1.165, 1.54) is 0 Å². The number of halogens is 1. The highest BCUT2D eigenvalue weighted by atomic mass is 79.9. The Balaban J connectivity index is 2.43. The molecule has 0 atom stereocenters. The van der Waals surface area contributed by atoms with Gasteiger partial charge < -0.3 is 4.74 Å². The number of rotatable bonds is 3. The van der Waals surface area contributed by atoms with Crippen LogP contribution in [-0.4, -0.2) is 11.6 Å². The minimum absolute atomic E-state index is 0.314. The van der Waals surface area contributed by atoms with Gasteiger partial charge in [0.15, 0.2) is 5.75 Å². The van der Waals surface area contributed by atoms with Crippen LogP contribution < -0.4 is 4.74 Å². The van der Waals surface area contributed by atoms with Gasteiger partial charge in [-0.25, -0.2) is 4.98 Å². The molecule has 1 heterocycles. The van der Waals surface area contributed by atoms with E-state index in [1.807, 2.05) is 12.1 Å². The van der Waals surface area contributed by atoms with Crippen molar-refractivity contribution in [3.63, 3.8) is 0 Å². The number of ether oxygens (including phenoxy) is 1. The van der Waals surface area contributed by atoms with Crippen LogP contribution in [0, 0.1) is 5.41 Å². The van der Waals surface area contributed by atoms with Crippen LogP contribution in [0.3, 0.4) is 0 Å². The van der Waals surface area contributed by atoms with Crippen LogP contribution in [0.5, 0.6) is 5.75 Å². The van der Waals surface area contributed by atoms with Crippen molar-refractivity contribution in [2.45, 2.75) is 27.2 Å². The third-order valence-electron chi connectivity index (χ3n) is 1.83. The summed E-state index contributed by atoms with van der Waals surface area (Å²) in [5, 5.41) is 0. The van der Waals surface area contributed by atoms with Crippen molar-refractivity contribution in [3.8, 4) is 5.75 Å². The first-order valence-corrected chi connectivity index (χ1v) is 5.52. The van der Waals surface area contributed by atoms with E-state index in [-0.39, 0.29) is 0 Å². The lowest BCUT2D eigenvalue weighted by molar-refractivity contribution is 0.241. The van der Waals surface area contributed by atoms with E-state index >= 15 is 0 Å². The van der Waals surface area contributed by atoms with Crippen LogP contribution in [-0.2, 0) is 0 Å². The molecule has 0 fully saturated rings. The molecule has 3 heteroatoms. The summed E-state index contributed by atoms with van der Waals surface area (Å²) in [5.74, 6) is 0.816. The van der Waals surface area contributed by atoms with E-state index in [1.54, 1.807) is 6.20 Å². The summed E-state index contributed by atoms with van der Waals surface area (Å²) in [6, 6.07) is 3.79. The molecule has 1 aromatic heterocycles. The molecule has 0 saturated heterocycles. The van der Waals surface area contributed by atoms with Crippen LogP contribution in [0.25, 0.3) is 0 Å². The minimum atomic E-state index is 0.314. The van der Waals surface area contributed by atoms with E-state index in [0.717, 1.165) is 23.4 Å². The average molecular weight is 258 g/mol. The second-order valence-electron chi connectivity index (χ2n) is 4.45. The molecule has 0 bridgehead atoms. The predicted octanol–water partition coefficient (Wildman–Crippen LogP) is 3.66. The molecule has 0 spiro atoms. The van der Waals surface area contributed by atoms with Gasteiger partial charge in [-0.2, -0.15) is 0 Å². The van der Waals surface area contributed by atoms with Crippen LogP contribution in [0.4, 0.5) is 0 Å². The summed E-state index contributed by atoms with van der Waals surface area (Å²) in [7, 11) is 0. The SMILES string of the molecule is CC(C)(C)CCOc1cccnc1Br. The second-order valence-corrected chi connectivity index (χ2v) is 5.20. The molecule has 0 radical (unpaired) electrons. The number of nitrogens with zero attached hydrogens (tertiary/aromatic N) is 1. The first-order chi connectivity index (χ1) is 6.49. The highest BCUT2D eigenvalue weighted by Crippen LogP contribution is 2.23. The summed E-state index contributed by atoms with van der Waals surface area (Å²) in [6.45, 7) is 7.34. The second kappa shape index (κ2) is 4.78. The molecular formula is C11H16BrNO. The van der Waals surface area contributed by atoms with Gasteiger partial charge in [0.2, 0.25) is 0 Å². The zero-order valence-corrected chi connectivity index (χ0v) is 10.5. The van der Waals surface area contributed by atoms with E-state index < -0.39 is 0 Å². The topological polar surface area (TPSA) is 22.1 Å². The van der Waals surface area contributed by atoms with Crippen molar-refractivity contribution in [1.29, 1.82) is 0 Å². The normalized spacial score (nSPS) is 11.4. The van der Waals surface area contributed by atoms with Gasteiger partial charge in [-0.15, -0.1) is 0 Å². The molecule has 2 nitrogen and oxygen atoms in total. The molecule has 0 unspecified atom stereocenters. The highest BCUT2D eigenvalue weighted by molar-refractivity contribution is 9.10. The predicted molar refractivity (Wildman–Crippen MR) is 61.5 cm³/mol. The minimum Gasteiger partial charge on any atom is -0.491 e. The van der Waals surface area contributed by atoms with E-state index in [9.17, 15) is 0 Å². The largest absolute Gasteiger partial charge is 0.491 e. The van der Waals surface area contributed by atoms with Gasteiger partial charge in [0.05, 0.1) is 6.61 Å². The quantitative estimate of drug-likeness (QED) is 0.772. The fraction of sp³-hybridized carbons (Fsp3) is 0.545. The molecule has 78 valence electrons. The van der Waals surface area contributed by atoms with Crippen LogP contribution in [0.2, 0.25) is 0 Å². The standard InChI is InChI=1S/C11H16BrNO/c1-11(2,3)6-8-14-9-5-4-7-13-10(9)12/h4-5,7H,6,8H2,1-3H3. The molecule has 0 aliphatic carbocycles. The molecule has 1 rings (SSSR count). The van der Waals surface area contributed by atoms with Crippen molar-refractivity contribution in [3.05, 3.63) is 22.9 Å². The Kier molecular flexibility index (Phi) is 3.93. The fourth-order valence-corrected chi connectivity index (χ4v) is 1.31. The van der Waals surface area contributed by atoms with Gasteiger partial charge in [0, 0.05) is 6.20 Å². The maximum Gasteiger partial charge on any atom is 0.152 e. The molecule has 14 heavy (non-hydrogen) atoms. The first kappa shape index (κ1) is 11.5. The Morgan fingerprint density at radius 1 is 1.43 bits per heavy atom.